The standard InChI is InChI=1S/C21H20N2O2S/c1-14(25-18-6-4-3-5-7-18)21(24)23-11-10-17-12-16(8-9-20(17)23)19-13-26-15(2)22-19/h3-9,12-14H,10-11H2,1-2H3. The maximum atomic E-state index is 12.9. The number of amides is 1. The predicted octanol–water partition coefficient (Wildman–Crippen LogP) is 4.48. The van der Waals surface area contributed by atoms with Gasteiger partial charge in [0.1, 0.15) is 5.75 Å². The molecule has 1 amide bonds. The lowest BCUT2D eigenvalue weighted by Crippen LogP contribution is -2.39. The third kappa shape index (κ3) is 3.22. The first kappa shape index (κ1) is 16.8. The average molecular weight is 364 g/mol. The number of carbonyl (C=O) groups excluding carboxylic acids is 1. The molecular formula is C21H20N2O2S. The van der Waals surface area contributed by atoms with Gasteiger partial charge in [-0.3, -0.25) is 4.79 Å². The summed E-state index contributed by atoms with van der Waals surface area (Å²) < 4.78 is 5.80. The van der Waals surface area contributed by atoms with Gasteiger partial charge in [0.25, 0.3) is 5.91 Å². The van der Waals surface area contributed by atoms with Gasteiger partial charge < -0.3 is 9.64 Å². The monoisotopic (exact) mass is 364 g/mol. The molecule has 4 rings (SSSR count). The minimum absolute atomic E-state index is 0.00939. The number of aromatic nitrogens is 1. The maximum Gasteiger partial charge on any atom is 0.267 e. The summed E-state index contributed by atoms with van der Waals surface area (Å²) in [6.07, 6.45) is 0.333. The first-order valence-electron chi connectivity index (χ1n) is 8.70. The molecule has 0 spiro atoms. The number of carbonyl (C=O) groups is 1. The molecule has 0 fully saturated rings. The number of rotatable bonds is 4. The van der Waals surface area contributed by atoms with Crippen LogP contribution in [0.2, 0.25) is 0 Å². The first-order chi connectivity index (χ1) is 12.6. The van der Waals surface area contributed by atoms with Crippen molar-refractivity contribution < 1.29 is 9.53 Å². The van der Waals surface area contributed by atoms with E-state index in [1.165, 1.54) is 5.56 Å². The molecule has 0 saturated heterocycles. The summed E-state index contributed by atoms with van der Waals surface area (Å²) in [6, 6.07) is 15.7. The summed E-state index contributed by atoms with van der Waals surface area (Å²) in [4.78, 5) is 19.2. The number of fused-ring (bicyclic) bond motifs is 1. The summed E-state index contributed by atoms with van der Waals surface area (Å²) in [5, 5.41) is 3.13. The third-order valence-corrected chi connectivity index (χ3v) is 5.33. The van der Waals surface area contributed by atoms with Gasteiger partial charge in [-0.1, -0.05) is 24.3 Å². The van der Waals surface area contributed by atoms with E-state index < -0.39 is 6.10 Å². The summed E-state index contributed by atoms with van der Waals surface area (Å²) in [5.41, 5.74) is 4.28. The number of thiazole rings is 1. The van der Waals surface area contributed by atoms with Crippen LogP contribution < -0.4 is 9.64 Å². The van der Waals surface area contributed by atoms with Crippen LogP contribution in [0.1, 0.15) is 17.5 Å². The number of benzene rings is 2. The van der Waals surface area contributed by atoms with Crippen LogP contribution in [0.3, 0.4) is 0 Å². The van der Waals surface area contributed by atoms with E-state index in [4.69, 9.17) is 4.74 Å². The second-order valence-electron chi connectivity index (χ2n) is 6.41. The molecule has 4 nitrogen and oxygen atoms in total. The molecule has 0 radical (unpaired) electrons. The molecule has 2 heterocycles. The van der Waals surface area contributed by atoms with Gasteiger partial charge in [0.2, 0.25) is 0 Å². The zero-order valence-corrected chi connectivity index (χ0v) is 15.6. The maximum absolute atomic E-state index is 12.9. The lowest BCUT2D eigenvalue weighted by atomic mass is 10.1. The van der Waals surface area contributed by atoms with Gasteiger partial charge >= 0.3 is 0 Å². The molecule has 0 bridgehead atoms. The van der Waals surface area contributed by atoms with E-state index in [1.54, 1.807) is 18.3 Å². The molecule has 1 aliphatic rings. The van der Waals surface area contributed by atoms with Gasteiger partial charge in [0, 0.05) is 23.2 Å². The Morgan fingerprint density at radius 2 is 2.04 bits per heavy atom. The molecule has 1 aromatic heterocycles. The predicted molar refractivity (Wildman–Crippen MR) is 105 cm³/mol. The highest BCUT2D eigenvalue weighted by atomic mass is 32.1. The van der Waals surface area contributed by atoms with Crippen LogP contribution in [0, 0.1) is 6.92 Å². The lowest BCUT2D eigenvalue weighted by Gasteiger charge is -2.22. The van der Waals surface area contributed by atoms with E-state index in [-0.39, 0.29) is 5.91 Å². The van der Waals surface area contributed by atoms with Crippen molar-refractivity contribution in [3.63, 3.8) is 0 Å². The highest BCUT2D eigenvalue weighted by Gasteiger charge is 2.29. The number of nitrogens with zero attached hydrogens (tertiary/aromatic N) is 2. The first-order valence-corrected chi connectivity index (χ1v) is 9.58. The number of hydrogen-bond donors (Lipinski definition) is 0. The van der Waals surface area contributed by atoms with Crippen LogP contribution in [0.4, 0.5) is 5.69 Å². The quantitative estimate of drug-likeness (QED) is 0.686. The van der Waals surface area contributed by atoms with Gasteiger partial charge in [-0.05, 0) is 50.1 Å². The van der Waals surface area contributed by atoms with Crippen LogP contribution in [0.5, 0.6) is 5.75 Å². The fourth-order valence-corrected chi connectivity index (χ4v) is 3.88. The van der Waals surface area contributed by atoms with Gasteiger partial charge in [-0.25, -0.2) is 4.98 Å². The largest absolute Gasteiger partial charge is 0.481 e. The van der Waals surface area contributed by atoms with Crippen molar-refractivity contribution in [2.45, 2.75) is 26.4 Å². The molecular weight excluding hydrogens is 344 g/mol. The second-order valence-corrected chi connectivity index (χ2v) is 7.47. The van der Waals surface area contributed by atoms with Gasteiger partial charge in [0.15, 0.2) is 6.10 Å². The van der Waals surface area contributed by atoms with Crippen molar-refractivity contribution in [2.24, 2.45) is 0 Å². The van der Waals surface area contributed by atoms with E-state index in [0.29, 0.717) is 12.3 Å². The Morgan fingerprint density at radius 3 is 2.77 bits per heavy atom. The van der Waals surface area contributed by atoms with E-state index in [9.17, 15) is 4.79 Å². The van der Waals surface area contributed by atoms with Crippen LogP contribution in [0.25, 0.3) is 11.3 Å². The second kappa shape index (κ2) is 6.92. The van der Waals surface area contributed by atoms with Crippen LogP contribution >= 0.6 is 11.3 Å². The average Bonchev–Trinajstić information content (AvgIpc) is 3.27. The van der Waals surface area contributed by atoms with Gasteiger partial charge in [0.05, 0.1) is 10.7 Å². The molecule has 26 heavy (non-hydrogen) atoms. The molecule has 0 aliphatic carbocycles. The summed E-state index contributed by atoms with van der Waals surface area (Å²) in [5.74, 6) is 0.701. The normalized spacial score (nSPS) is 14.2. The molecule has 3 aromatic rings. The topological polar surface area (TPSA) is 42.4 Å². The van der Waals surface area contributed by atoms with Crippen molar-refractivity contribution in [3.8, 4) is 17.0 Å². The molecule has 0 N–H and O–H groups in total. The van der Waals surface area contributed by atoms with Crippen molar-refractivity contribution in [1.82, 2.24) is 4.98 Å². The molecule has 1 aliphatic heterocycles. The van der Waals surface area contributed by atoms with E-state index >= 15 is 0 Å². The van der Waals surface area contributed by atoms with Gasteiger partial charge in [-0.2, -0.15) is 0 Å². The zero-order valence-electron chi connectivity index (χ0n) is 14.8. The molecule has 132 valence electrons. The molecule has 0 saturated carbocycles. The van der Waals surface area contributed by atoms with Crippen molar-refractivity contribution in [1.29, 1.82) is 0 Å². The van der Waals surface area contributed by atoms with Crippen LogP contribution in [-0.2, 0) is 11.2 Å². The smallest absolute Gasteiger partial charge is 0.267 e. The highest BCUT2D eigenvalue weighted by Crippen LogP contribution is 2.33. The Morgan fingerprint density at radius 1 is 1.23 bits per heavy atom. The van der Waals surface area contributed by atoms with E-state index in [2.05, 4.69) is 16.4 Å². The summed E-state index contributed by atoms with van der Waals surface area (Å²) >= 11 is 1.65. The van der Waals surface area contributed by atoms with Crippen LogP contribution in [-0.4, -0.2) is 23.5 Å². The van der Waals surface area contributed by atoms with Crippen molar-refractivity contribution in [3.05, 3.63) is 64.5 Å². The lowest BCUT2D eigenvalue weighted by molar-refractivity contribution is -0.124. The Balaban J connectivity index is 1.53. The Bertz CT molecular complexity index is 936. The minimum atomic E-state index is -0.524. The van der Waals surface area contributed by atoms with E-state index in [0.717, 1.165) is 28.4 Å². The number of ether oxygens (including phenoxy) is 1. The molecule has 5 heteroatoms. The third-order valence-electron chi connectivity index (χ3n) is 4.56. The van der Waals surface area contributed by atoms with Crippen molar-refractivity contribution in [2.75, 3.05) is 11.4 Å². The Labute approximate surface area is 157 Å². The minimum Gasteiger partial charge on any atom is -0.481 e. The highest BCUT2D eigenvalue weighted by molar-refractivity contribution is 7.09. The Hall–Kier alpha value is -2.66. The molecule has 1 unspecified atom stereocenters. The number of para-hydroxylation sites is 1. The van der Waals surface area contributed by atoms with Crippen LogP contribution in [0.15, 0.2) is 53.9 Å². The number of hydrogen-bond acceptors (Lipinski definition) is 4. The van der Waals surface area contributed by atoms with Gasteiger partial charge in [-0.15, -0.1) is 11.3 Å². The van der Waals surface area contributed by atoms with E-state index in [1.807, 2.05) is 54.3 Å². The summed E-state index contributed by atoms with van der Waals surface area (Å²) in [6.45, 7) is 4.51. The van der Waals surface area contributed by atoms with Crippen molar-refractivity contribution >= 4 is 22.9 Å². The zero-order chi connectivity index (χ0) is 18.1. The SMILES string of the molecule is Cc1nc(-c2ccc3c(c2)CCN3C(=O)C(C)Oc2ccccc2)cs1. The molecule has 2 aromatic carbocycles. The molecule has 1 atom stereocenters. The summed E-state index contributed by atoms with van der Waals surface area (Å²) in [7, 11) is 0. The fourth-order valence-electron chi connectivity index (χ4n) is 3.26. The number of anilines is 1. The Kier molecular flexibility index (Phi) is 4.47. The fraction of sp³-hybridized carbons (Fsp3) is 0.238. The number of aryl methyl sites for hydroxylation is 1.